The Balaban J connectivity index is 2.07. The van der Waals surface area contributed by atoms with Gasteiger partial charge >= 0.3 is 0 Å². The number of rotatable bonds is 3. The average molecular weight is 191 g/mol. The summed E-state index contributed by atoms with van der Waals surface area (Å²) in [5.74, 6) is 0.697. The lowest BCUT2D eigenvalue weighted by molar-refractivity contribution is 0.186. The Morgan fingerprint density at radius 1 is 1.29 bits per heavy atom. The number of nitrogens with two attached hydrogens (primary N) is 1. The van der Waals surface area contributed by atoms with E-state index in [0.717, 1.165) is 19.6 Å². The van der Waals surface area contributed by atoms with Crippen molar-refractivity contribution in [2.45, 2.75) is 19.4 Å². The van der Waals surface area contributed by atoms with E-state index in [1.807, 2.05) is 0 Å². The third-order valence-corrected chi connectivity index (χ3v) is 2.87. The van der Waals surface area contributed by atoms with Crippen molar-refractivity contribution in [2.75, 3.05) is 13.2 Å². The normalized spacial score (nSPS) is 21.4. The molecule has 1 saturated heterocycles. The number of benzene rings is 1. The number of hydrogen-bond donors (Lipinski definition) is 1. The Hall–Kier alpha value is -0.860. The van der Waals surface area contributed by atoms with Gasteiger partial charge in [-0.2, -0.15) is 0 Å². The molecule has 1 heterocycles. The highest BCUT2D eigenvalue weighted by molar-refractivity contribution is 5.27. The van der Waals surface area contributed by atoms with E-state index in [9.17, 15) is 0 Å². The zero-order chi connectivity index (χ0) is 9.80. The third-order valence-electron chi connectivity index (χ3n) is 2.87. The van der Waals surface area contributed by atoms with E-state index < -0.39 is 0 Å². The number of ether oxygens (including phenoxy) is 1. The molecule has 1 aliphatic rings. The summed E-state index contributed by atoms with van der Waals surface area (Å²) in [5, 5.41) is 0. The molecule has 1 fully saturated rings. The fourth-order valence-corrected chi connectivity index (χ4v) is 2.01. The van der Waals surface area contributed by atoms with Gasteiger partial charge in [0.05, 0.1) is 0 Å². The standard InChI is InChI=1S/C12H17NO/c13-8-12-4-2-1-3-11(12)7-10-5-6-14-9-10/h1-4,10H,5-9,13H2. The molecule has 0 bridgehead atoms. The topological polar surface area (TPSA) is 35.2 Å². The Kier molecular flexibility index (Phi) is 3.17. The first-order valence-corrected chi connectivity index (χ1v) is 5.24. The van der Waals surface area contributed by atoms with Crippen LogP contribution in [0, 0.1) is 5.92 Å². The highest BCUT2D eigenvalue weighted by atomic mass is 16.5. The van der Waals surface area contributed by atoms with Gasteiger partial charge in [-0.15, -0.1) is 0 Å². The molecule has 2 N–H and O–H groups in total. The molecule has 1 aromatic rings. The summed E-state index contributed by atoms with van der Waals surface area (Å²) in [6.45, 7) is 2.48. The molecular formula is C12H17NO. The molecule has 1 unspecified atom stereocenters. The highest BCUT2D eigenvalue weighted by Gasteiger charge is 2.16. The van der Waals surface area contributed by atoms with Crippen molar-refractivity contribution in [1.29, 1.82) is 0 Å². The second-order valence-electron chi connectivity index (χ2n) is 3.91. The minimum Gasteiger partial charge on any atom is -0.381 e. The van der Waals surface area contributed by atoms with Crippen LogP contribution in [-0.2, 0) is 17.7 Å². The third kappa shape index (κ3) is 2.14. The molecule has 1 aromatic carbocycles. The first-order chi connectivity index (χ1) is 6.90. The molecule has 0 amide bonds. The van der Waals surface area contributed by atoms with E-state index in [0.29, 0.717) is 12.5 Å². The summed E-state index contributed by atoms with van der Waals surface area (Å²) >= 11 is 0. The SMILES string of the molecule is NCc1ccccc1CC1CCOC1. The lowest BCUT2D eigenvalue weighted by Crippen LogP contribution is -2.08. The van der Waals surface area contributed by atoms with Gasteiger partial charge in [0, 0.05) is 19.8 Å². The van der Waals surface area contributed by atoms with Gasteiger partial charge in [0.2, 0.25) is 0 Å². The minimum absolute atomic E-state index is 0.643. The fourth-order valence-electron chi connectivity index (χ4n) is 2.01. The van der Waals surface area contributed by atoms with Crippen LogP contribution in [-0.4, -0.2) is 13.2 Å². The van der Waals surface area contributed by atoms with Gasteiger partial charge in [-0.05, 0) is 29.9 Å². The zero-order valence-corrected chi connectivity index (χ0v) is 8.41. The van der Waals surface area contributed by atoms with Crippen molar-refractivity contribution in [1.82, 2.24) is 0 Å². The van der Waals surface area contributed by atoms with Gasteiger partial charge in [0.15, 0.2) is 0 Å². The molecule has 14 heavy (non-hydrogen) atoms. The Morgan fingerprint density at radius 2 is 2.07 bits per heavy atom. The van der Waals surface area contributed by atoms with E-state index in [1.54, 1.807) is 0 Å². The molecule has 2 rings (SSSR count). The molecule has 2 nitrogen and oxygen atoms in total. The molecule has 76 valence electrons. The lowest BCUT2D eigenvalue weighted by atomic mass is 9.95. The molecule has 0 saturated carbocycles. The molecule has 0 aliphatic carbocycles. The largest absolute Gasteiger partial charge is 0.381 e. The minimum atomic E-state index is 0.643. The van der Waals surface area contributed by atoms with Crippen molar-refractivity contribution in [2.24, 2.45) is 11.7 Å². The van der Waals surface area contributed by atoms with Crippen LogP contribution in [0.2, 0.25) is 0 Å². The second-order valence-corrected chi connectivity index (χ2v) is 3.91. The van der Waals surface area contributed by atoms with Crippen LogP contribution in [0.1, 0.15) is 17.5 Å². The van der Waals surface area contributed by atoms with Crippen LogP contribution in [0.4, 0.5) is 0 Å². The Morgan fingerprint density at radius 3 is 2.71 bits per heavy atom. The summed E-state index contributed by atoms with van der Waals surface area (Å²) in [6, 6.07) is 8.44. The monoisotopic (exact) mass is 191 g/mol. The van der Waals surface area contributed by atoms with Gasteiger partial charge in [-0.1, -0.05) is 24.3 Å². The summed E-state index contributed by atoms with van der Waals surface area (Å²) < 4.78 is 5.37. The van der Waals surface area contributed by atoms with Crippen LogP contribution < -0.4 is 5.73 Å². The zero-order valence-electron chi connectivity index (χ0n) is 8.41. The lowest BCUT2D eigenvalue weighted by Gasteiger charge is -2.11. The van der Waals surface area contributed by atoms with Crippen LogP contribution in [0.3, 0.4) is 0 Å². The molecular weight excluding hydrogens is 174 g/mol. The first kappa shape index (κ1) is 9.69. The van der Waals surface area contributed by atoms with E-state index in [4.69, 9.17) is 10.5 Å². The van der Waals surface area contributed by atoms with Gasteiger partial charge < -0.3 is 10.5 Å². The van der Waals surface area contributed by atoms with Crippen molar-refractivity contribution in [3.8, 4) is 0 Å². The van der Waals surface area contributed by atoms with Gasteiger partial charge in [-0.3, -0.25) is 0 Å². The summed E-state index contributed by atoms with van der Waals surface area (Å²) in [4.78, 5) is 0. The van der Waals surface area contributed by atoms with E-state index >= 15 is 0 Å². The maximum atomic E-state index is 5.69. The summed E-state index contributed by atoms with van der Waals surface area (Å²) in [5.41, 5.74) is 8.36. The van der Waals surface area contributed by atoms with Crippen LogP contribution in [0.5, 0.6) is 0 Å². The maximum absolute atomic E-state index is 5.69. The molecule has 0 aromatic heterocycles. The van der Waals surface area contributed by atoms with Crippen molar-refractivity contribution >= 4 is 0 Å². The Labute approximate surface area is 85.1 Å². The van der Waals surface area contributed by atoms with Crippen molar-refractivity contribution < 1.29 is 4.74 Å². The van der Waals surface area contributed by atoms with E-state index in [2.05, 4.69) is 24.3 Å². The van der Waals surface area contributed by atoms with Crippen LogP contribution in [0.25, 0.3) is 0 Å². The Bertz CT molecular complexity index is 292. The van der Waals surface area contributed by atoms with Crippen molar-refractivity contribution in [3.63, 3.8) is 0 Å². The van der Waals surface area contributed by atoms with Gasteiger partial charge in [-0.25, -0.2) is 0 Å². The smallest absolute Gasteiger partial charge is 0.0498 e. The molecule has 1 atom stereocenters. The van der Waals surface area contributed by atoms with Crippen LogP contribution in [0.15, 0.2) is 24.3 Å². The fraction of sp³-hybridized carbons (Fsp3) is 0.500. The predicted octanol–water partition coefficient (Wildman–Crippen LogP) is 1.72. The van der Waals surface area contributed by atoms with Gasteiger partial charge in [0.25, 0.3) is 0 Å². The quantitative estimate of drug-likeness (QED) is 0.789. The molecule has 0 radical (unpaired) electrons. The first-order valence-electron chi connectivity index (χ1n) is 5.24. The van der Waals surface area contributed by atoms with E-state index in [-0.39, 0.29) is 0 Å². The maximum Gasteiger partial charge on any atom is 0.0498 e. The average Bonchev–Trinajstić information content (AvgIpc) is 2.71. The highest BCUT2D eigenvalue weighted by Crippen LogP contribution is 2.20. The second kappa shape index (κ2) is 4.58. The molecule has 1 aliphatic heterocycles. The van der Waals surface area contributed by atoms with Gasteiger partial charge in [0.1, 0.15) is 0 Å². The molecule has 2 heteroatoms. The predicted molar refractivity (Wildman–Crippen MR) is 57.0 cm³/mol. The molecule has 0 spiro atoms. The van der Waals surface area contributed by atoms with E-state index in [1.165, 1.54) is 17.5 Å². The summed E-state index contributed by atoms with van der Waals surface area (Å²) in [6.07, 6.45) is 2.31. The number of hydrogen-bond acceptors (Lipinski definition) is 2. The van der Waals surface area contributed by atoms with Crippen molar-refractivity contribution in [3.05, 3.63) is 35.4 Å². The summed E-state index contributed by atoms with van der Waals surface area (Å²) in [7, 11) is 0. The van der Waals surface area contributed by atoms with Crippen LogP contribution >= 0.6 is 0 Å².